The first kappa shape index (κ1) is 40.4. The van der Waals surface area contributed by atoms with Gasteiger partial charge in [0.05, 0.1) is 6.61 Å². The molecule has 0 spiro atoms. The molecule has 0 aromatic rings. The maximum absolute atomic E-state index is 12.1. The predicted molar refractivity (Wildman–Crippen MR) is 178 cm³/mol. The summed E-state index contributed by atoms with van der Waals surface area (Å²) in [6, 6.07) is 0. The molecule has 0 saturated carbocycles. The maximum Gasteiger partial charge on any atom is 0.306 e. The number of hydrogen-bond donors (Lipinski definition) is 1. The van der Waals surface area contributed by atoms with Crippen LogP contribution in [0.1, 0.15) is 181 Å². The summed E-state index contributed by atoms with van der Waals surface area (Å²) >= 11 is 0. The number of esters is 2. The van der Waals surface area contributed by atoms with Crippen LogP contribution in [-0.4, -0.2) is 36.4 Å². The van der Waals surface area contributed by atoms with Crippen LogP contribution >= 0.6 is 0 Å². The zero-order valence-electron chi connectivity index (χ0n) is 27.8. The summed E-state index contributed by atoms with van der Waals surface area (Å²) in [6.07, 6.45) is 38.0. The number of allylic oxidation sites excluding steroid dienone is 4. The van der Waals surface area contributed by atoms with Crippen molar-refractivity contribution in [3.63, 3.8) is 0 Å². The van der Waals surface area contributed by atoms with E-state index in [0.717, 1.165) is 51.4 Å². The number of hydrogen-bond acceptors (Lipinski definition) is 5. The Bertz CT molecular complexity index is 642. The van der Waals surface area contributed by atoms with Crippen molar-refractivity contribution in [2.24, 2.45) is 0 Å². The molecule has 0 amide bonds. The lowest BCUT2D eigenvalue weighted by molar-refractivity contribution is -0.161. The van der Waals surface area contributed by atoms with Gasteiger partial charge in [0.2, 0.25) is 0 Å². The van der Waals surface area contributed by atoms with Crippen LogP contribution in [0.3, 0.4) is 0 Å². The summed E-state index contributed by atoms with van der Waals surface area (Å²) < 4.78 is 10.6. The lowest BCUT2D eigenvalue weighted by Crippen LogP contribution is -2.28. The molecule has 0 aromatic heterocycles. The molecule has 42 heavy (non-hydrogen) atoms. The number of carbonyl (C=O) groups is 2. The number of rotatable bonds is 32. The minimum absolute atomic E-state index is 0.0695. The Labute approximate surface area is 260 Å². The molecular formula is C37H68O5. The molecule has 5 nitrogen and oxygen atoms in total. The third-order valence-electron chi connectivity index (χ3n) is 7.75. The zero-order valence-corrected chi connectivity index (χ0v) is 27.8. The number of aliphatic hydroxyl groups excluding tert-OH is 1. The SMILES string of the molecule is CCCC/C=C/C/C=C/CCCCCCCC(=O)OC[C@H](CO)OC(=O)CCCCCCCCCCCCCCCC. The van der Waals surface area contributed by atoms with Crippen molar-refractivity contribution in [2.75, 3.05) is 13.2 Å². The van der Waals surface area contributed by atoms with Gasteiger partial charge in [0.15, 0.2) is 6.10 Å². The van der Waals surface area contributed by atoms with Gasteiger partial charge in [-0.3, -0.25) is 9.59 Å². The first-order valence-corrected chi connectivity index (χ1v) is 17.9. The van der Waals surface area contributed by atoms with E-state index in [0.29, 0.717) is 12.8 Å². The Morgan fingerprint density at radius 3 is 1.48 bits per heavy atom. The normalized spacial score (nSPS) is 12.4. The lowest BCUT2D eigenvalue weighted by Gasteiger charge is -2.15. The average molecular weight is 593 g/mol. The largest absolute Gasteiger partial charge is 0.462 e. The van der Waals surface area contributed by atoms with E-state index in [1.54, 1.807) is 0 Å². The highest BCUT2D eigenvalue weighted by Crippen LogP contribution is 2.14. The van der Waals surface area contributed by atoms with Crippen molar-refractivity contribution in [1.82, 2.24) is 0 Å². The number of aliphatic hydroxyl groups is 1. The fourth-order valence-corrected chi connectivity index (χ4v) is 4.98. The molecule has 0 aliphatic heterocycles. The van der Waals surface area contributed by atoms with E-state index in [-0.39, 0.29) is 25.2 Å². The Hall–Kier alpha value is -1.62. The topological polar surface area (TPSA) is 72.8 Å². The van der Waals surface area contributed by atoms with Gasteiger partial charge in [0, 0.05) is 12.8 Å². The van der Waals surface area contributed by atoms with Crippen molar-refractivity contribution in [3.05, 3.63) is 24.3 Å². The van der Waals surface area contributed by atoms with Crippen LogP contribution in [0.2, 0.25) is 0 Å². The van der Waals surface area contributed by atoms with Gasteiger partial charge in [0.25, 0.3) is 0 Å². The van der Waals surface area contributed by atoms with Gasteiger partial charge in [-0.15, -0.1) is 0 Å². The quantitative estimate of drug-likeness (QED) is 0.0478. The van der Waals surface area contributed by atoms with Crippen molar-refractivity contribution in [1.29, 1.82) is 0 Å². The molecule has 1 atom stereocenters. The molecule has 0 aliphatic rings. The molecule has 0 saturated heterocycles. The molecule has 0 bridgehead atoms. The van der Waals surface area contributed by atoms with Gasteiger partial charge < -0.3 is 14.6 Å². The molecule has 0 heterocycles. The Morgan fingerprint density at radius 2 is 0.976 bits per heavy atom. The molecule has 0 radical (unpaired) electrons. The predicted octanol–water partition coefficient (Wildman–Crippen LogP) is 10.7. The fraction of sp³-hybridized carbons (Fsp3) is 0.838. The minimum Gasteiger partial charge on any atom is -0.462 e. The smallest absolute Gasteiger partial charge is 0.306 e. The van der Waals surface area contributed by atoms with E-state index in [2.05, 4.69) is 38.2 Å². The zero-order chi connectivity index (χ0) is 30.8. The molecule has 1 N–H and O–H groups in total. The van der Waals surface area contributed by atoms with Crippen molar-refractivity contribution >= 4 is 11.9 Å². The third-order valence-corrected chi connectivity index (χ3v) is 7.75. The van der Waals surface area contributed by atoms with Gasteiger partial charge in [-0.25, -0.2) is 0 Å². The fourth-order valence-electron chi connectivity index (χ4n) is 4.98. The van der Waals surface area contributed by atoms with E-state index in [1.807, 2.05) is 0 Å². The number of carbonyl (C=O) groups excluding carboxylic acids is 2. The first-order valence-electron chi connectivity index (χ1n) is 17.9. The Morgan fingerprint density at radius 1 is 0.548 bits per heavy atom. The second kappa shape index (κ2) is 33.9. The molecule has 5 heteroatoms. The second-order valence-corrected chi connectivity index (χ2v) is 12.0. The third kappa shape index (κ3) is 31.3. The van der Waals surface area contributed by atoms with Crippen molar-refractivity contribution < 1.29 is 24.2 Å². The van der Waals surface area contributed by atoms with Gasteiger partial charge in [-0.1, -0.05) is 154 Å². The van der Waals surface area contributed by atoms with E-state index in [9.17, 15) is 14.7 Å². The van der Waals surface area contributed by atoms with E-state index >= 15 is 0 Å². The Kier molecular flexibility index (Phi) is 32.6. The number of unbranched alkanes of at least 4 members (excludes halogenated alkanes) is 20. The maximum atomic E-state index is 12.1. The summed E-state index contributed by atoms with van der Waals surface area (Å²) in [5, 5.41) is 9.51. The molecule has 0 rings (SSSR count). The molecular weight excluding hydrogens is 524 g/mol. The molecule has 246 valence electrons. The molecule has 0 unspecified atom stereocenters. The number of ether oxygens (including phenoxy) is 2. The van der Waals surface area contributed by atoms with Crippen LogP contribution in [0.5, 0.6) is 0 Å². The molecule has 0 aromatic carbocycles. The average Bonchev–Trinajstić information content (AvgIpc) is 2.99. The molecule has 0 aliphatic carbocycles. The molecule has 0 fully saturated rings. The van der Waals surface area contributed by atoms with Gasteiger partial charge in [-0.05, 0) is 38.5 Å². The van der Waals surface area contributed by atoms with Crippen molar-refractivity contribution in [2.45, 2.75) is 187 Å². The van der Waals surface area contributed by atoms with E-state index in [4.69, 9.17) is 9.47 Å². The van der Waals surface area contributed by atoms with Crippen LogP contribution in [-0.2, 0) is 19.1 Å². The van der Waals surface area contributed by atoms with Gasteiger partial charge >= 0.3 is 11.9 Å². The minimum atomic E-state index is -0.770. The standard InChI is InChI=1S/C37H68O5/c1-3-5-7-9-11-13-15-17-19-21-23-25-27-29-31-36(39)41-34-35(33-38)42-37(40)32-30-28-26-24-22-20-18-16-14-12-10-8-6-4-2/h9,11,15,17,35,38H,3-8,10,12-14,16,18-34H2,1-2H3/b11-9+,17-15+/t35-/m0/s1. The summed E-state index contributed by atoms with van der Waals surface area (Å²) in [6.45, 7) is 4.08. The summed E-state index contributed by atoms with van der Waals surface area (Å²) in [5.74, 6) is -0.603. The highest BCUT2D eigenvalue weighted by Gasteiger charge is 2.16. The van der Waals surface area contributed by atoms with Gasteiger partial charge in [-0.2, -0.15) is 0 Å². The summed E-state index contributed by atoms with van der Waals surface area (Å²) in [7, 11) is 0. The van der Waals surface area contributed by atoms with Crippen LogP contribution in [0.4, 0.5) is 0 Å². The van der Waals surface area contributed by atoms with Crippen LogP contribution < -0.4 is 0 Å². The highest BCUT2D eigenvalue weighted by molar-refractivity contribution is 5.70. The van der Waals surface area contributed by atoms with E-state index in [1.165, 1.54) is 103 Å². The van der Waals surface area contributed by atoms with Crippen LogP contribution in [0.15, 0.2) is 24.3 Å². The van der Waals surface area contributed by atoms with Crippen LogP contribution in [0, 0.1) is 0 Å². The van der Waals surface area contributed by atoms with E-state index < -0.39 is 6.10 Å². The van der Waals surface area contributed by atoms with Crippen LogP contribution in [0.25, 0.3) is 0 Å². The Balaban J connectivity index is 3.58. The summed E-state index contributed by atoms with van der Waals surface area (Å²) in [5.41, 5.74) is 0. The lowest BCUT2D eigenvalue weighted by atomic mass is 10.0. The summed E-state index contributed by atoms with van der Waals surface area (Å²) in [4.78, 5) is 24.1. The highest BCUT2D eigenvalue weighted by atomic mass is 16.6. The monoisotopic (exact) mass is 593 g/mol. The second-order valence-electron chi connectivity index (χ2n) is 12.0. The van der Waals surface area contributed by atoms with Gasteiger partial charge in [0.1, 0.15) is 6.61 Å². The first-order chi connectivity index (χ1) is 20.6. The van der Waals surface area contributed by atoms with Crippen molar-refractivity contribution in [3.8, 4) is 0 Å².